The fourth-order valence-corrected chi connectivity index (χ4v) is 4.27. The third kappa shape index (κ3) is 3.21. The molecule has 3 aromatic rings. The molecule has 0 spiro atoms. The fraction of sp³-hybridized carbons (Fsp3) is 0.214. The number of carbonyl (C=O) groups is 1. The molecule has 1 aromatic carbocycles. The zero-order chi connectivity index (χ0) is 17.5. The van der Waals surface area contributed by atoms with E-state index < -0.39 is 9.84 Å². The van der Waals surface area contributed by atoms with Gasteiger partial charge in [0.1, 0.15) is 5.69 Å². The predicted molar refractivity (Wildman–Crippen MR) is 96.3 cm³/mol. The van der Waals surface area contributed by atoms with Crippen LogP contribution in [0.4, 0.5) is 5.13 Å². The Bertz CT molecular complexity index is 1040. The van der Waals surface area contributed by atoms with E-state index >= 15 is 0 Å². The van der Waals surface area contributed by atoms with E-state index in [-0.39, 0.29) is 10.8 Å². The number of hydrogen-bond donors (Lipinski definition) is 1. The van der Waals surface area contributed by atoms with E-state index in [2.05, 4.69) is 31.3 Å². The second-order valence-electron chi connectivity index (χ2n) is 5.03. The van der Waals surface area contributed by atoms with Crippen LogP contribution in [0, 0.1) is 0 Å². The number of aromatic nitrogens is 3. The van der Waals surface area contributed by atoms with Crippen LogP contribution in [0.25, 0.3) is 10.2 Å². The van der Waals surface area contributed by atoms with Gasteiger partial charge in [-0.3, -0.25) is 14.8 Å². The molecule has 2 aromatic heterocycles. The second-order valence-corrected chi connectivity index (χ2v) is 8.93. The lowest BCUT2D eigenvalue weighted by Crippen LogP contribution is -2.17. The molecule has 1 N–H and O–H groups in total. The van der Waals surface area contributed by atoms with Gasteiger partial charge in [0, 0.05) is 12.8 Å². The highest BCUT2D eigenvalue weighted by molar-refractivity contribution is 9.10. The molecule has 10 heteroatoms. The zero-order valence-corrected chi connectivity index (χ0v) is 16.0. The molecule has 2 heterocycles. The second kappa shape index (κ2) is 6.26. The Hall–Kier alpha value is -1.78. The van der Waals surface area contributed by atoms with Gasteiger partial charge in [-0.05, 0) is 41.1 Å². The molecule has 0 saturated heterocycles. The number of thiazole rings is 1. The number of rotatable bonds is 4. The van der Waals surface area contributed by atoms with E-state index in [0.29, 0.717) is 32.1 Å². The molecule has 0 aliphatic rings. The van der Waals surface area contributed by atoms with Crippen molar-refractivity contribution in [1.82, 2.24) is 14.8 Å². The third-order valence-corrected chi connectivity index (χ3v) is 5.94. The average Bonchev–Trinajstić information content (AvgIpc) is 3.07. The molecule has 0 bridgehead atoms. The van der Waals surface area contributed by atoms with Gasteiger partial charge in [0.05, 0.1) is 25.8 Å². The summed E-state index contributed by atoms with van der Waals surface area (Å²) in [5.41, 5.74) is 1.04. The minimum Gasteiger partial charge on any atom is -0.296 e. The van der Waals surface area contributed by atoms with Crippen LogP contribution in [0.15, 0.2) is 33.8 Å². The summed E-state index contributed by atoms with van der Waals surface area (Å²) in [6.45, 7) is 2.45. The fourth-order valence-electron chi connectivity index (χ4n) is 2.17. The summed E-state index contributed by atoms with van der Waals surface area (Å²) in [7, 11) is -3.28. The molecule has 0 atom stereocenters. The van der Waals surface area contributed by atoms with E-state index in [1.165, 1.54) is 17.4 Å². The Morgan fingerprint density at radius 2 is 2.17 bits per heavy atom. The maximum atomic E-state index is 12.4. The van der Waals surface area contributed by atoms with Crippen molar-refractivity contribution in [3.05, 3.63) is 34.6 Å². The van der Waals surface area contributed by atoms with E-state index in [1.54, 1.807) is 23.0 Å². The first-order chi connectivity index (χ1) is 11.3. The van der Waals surface area contributed by atoms with Crippen LogP contribution in [-0.2, 0) is 16.4 Å². The lowest BCUT2D eigenvalue weighted by Gasteiger charge is -2.04. The van der Waals surface area contributed by atoms with Crippen molar-refractivity contribution < 1.29 is 13.2 Å². The summed E-state index contributed by atoms with van der Waals surface area (Å²) in [5.74, 6) is -0.330. The Kier molecular flexibility index (Phi) is 4.45. The Labute approximate surface area is 150 Å². The molecule has 0 saturated carbocycles. The Balaban J connectivity index is 1.93. The first-order valence-corrected chi connectivity index (χ1v) is 10.4. The minimum absolute atomic E-state index is 0.225. The zero-order valence-electron chi connectivity index (χ0n) is 12.8. The normalized spacial score (nSPS) is 11.8. The summed E-state index contributed by atoms with van der Waals surface area (Å²) in [6, 6.07) is 4.69. The topological polar surface area (TPSA) is 93.9 Å². The number of aryl methyl sites for hydroxylation is 1. The van der Waals surface area contributed by atoms with Crippen LogP contribution in [0.2, 0.25) is 0 Å². The highest BCUT2D eigenvalue weighted by atomic mass is 79.9. The minimum atomic E-state index is -3.28. The van der Waals surface area contributed by atoms with Gasteiger partial charge in [0.2, 0.25) is 0 Å². The van der Waals surface area contributed by atoms with Gasteiger partial charge >= 0.3 is 0 Å². The number of anilines is 1. The first-order valence-electron chi connectivity index (χ1n) is 6.93. The van der Waals surface area contributed by atoms with Crippen LogP contribution in [0.3, 0.4) is 0 Å². The van der Waals surface area contributed by atoms with Crippen LogP contribution < -0.4 is 5.32 Å². The van der Waals surface area contributed by atoms with Crippen LogP contribution in [0.5, 0.6) is 0 Å². The number of hydrogen-bond acceptors (Lipinski definition) is 6. The summed E-state index contributed by atoms with van der Waals surface area (Å²) < 4.78 is 26.1. The van der Waals surface area contributed by atoms with Crippen molar-refractivity contribution in [2.75, 3.05) is 11.6 Å². The van der Waals surface area contributed by atoms with Gasteiger partial charge < -0.3 is 0 Å². The van der Waals surface area contributed by atoms with E-state index in [0.717, 1.165) is 6.26 Å². The summed E-state index contributed by atoms with van der Waals surface area (Å²) in [5, 5.41) is 7.24. The largest absolute Gasteiger partial charge is 0.296 e. The maximum absolute atomic E-state index is 12.4. The third-order valence-electron chi connectivity index (χ3n) is 3.32. The van der Waals surface area contributed by atoms with Crippen molar-refractivity contribution in [2.24, 2.45) is 0 Å². The van der Waals surface area contributed by atoms with Gasteiger partial charge in [-0.2, -0.15) is 5.10 Å². The van der Waals surface area contributed by atoms with Crippen LogP contribution in [-0.4, -0.2) is 35.3 Å². The number of carbonyl (C=O) groups excluding carboxylic acids is 1. The number of nitrogens with zero attached hydrogens (tertiary/aromatic N) is 3. The highest BCUT2D eigenvalue weighted by Gasteiger charge is 2.18. The highest BCUT2D eigenvalue weighted by Crippen LogP contribution is 2.29. The standard InChI is InChI=1S/C14H13BrN4O3S2/c1-3-19-12(9(15)7-16-19)13(20)18-14-17-10-5-4-8(24(2,21)22)6-11(10)23-14/h4-7H,3H2,1-2H3,(H,17,18,20). The smallest absolute Gasteiger partial charge is 0.276 e. The van der Waals surface area contributed by atoms with Crippen molar-refractivity contribution in [1.29, 1.82) is 0 Å². The molecule has 0 aliphatic carbocycles. The SMILES string of the molecule is CCn1ncc(Br)c1C(=O)Nc1nc2ccc(S(C)(=O)=O)cc2s1. The number of amides is 1. The van der Waals surface area contributed by atoms with E-state index in [4.69, 9.17) is 0 Å². The molecular weight excluding hydrogens is 416 g/mol. The van der Waals surface area contributed by atoms with Crippen molar-refractivity contribution >= 4 is 58.4 Å². The van der Waals surface area contributed by atoms with E-state index in [9.17, 15) is 13.2 Å². The van der Waals surface area contributed by atoms with Crippen molar-refractivity contribution in [2.45, 2.75) is 18.4 Å². The molecule has 126 valence electrons. The molecule has 0 radical (unpaired) electrons. The van der Waals surface area contributed by atoms with E-state index in [1.807, 2.05) is 6.92 Å². The molecule has 24 heavy (non-hydrogen) atoms. The first kappa shape index (κ1) is 17.1. The number of sulfone groups is 1. The number of fused-ring (bicyclic) bond motifs is 1. The quantitative estimate of drug-likeness (QED) is 0.688. The lowest BCUT2D eigenvalue weighted by atomic mass is 10.3. The summed E-state index contributed by atoms with van der Waals surface area (Å²) >= 11 is 4.53. The van der Waals surface area contributed by atoms with Gasteiger partial charge in [-0.1, -0.05) is 11.3 Å². The molecule has 0 aliphatic heterocycles. The molecular formula is C14H13BrN4O3S2. The van der Waals surface area contributed by atoms with Gasteiger partial charge in [-0.25, -0.2) is 13.4 Å². The van der Waals surface area contributed by atoms with Crippen molar-refractivity contribution in [3.63, 3.8) is 0 Å². The average molecular weight is 429 g/mol. The predicted octanol–water partition coefficient (Wildman–Crippen LogP) is 2.93. The molecule has 0 fully saturated rings. The maximum Gasteiger partial charge on any atom is 0.276 e. The molecule has 0 unspecified atom stereocenters. The van der Waals surface area contributed by atoms with Crippen LogP contribution in [0.1, 0.15) is 17.4 Å². The van der Waals surface area contributed by atoms with Gasteiger partial charge in [0.25, 0.3) is 5.91 Å². The molecule has 1 amide bonds. The van der Waals surface area contributed by atoms with Gasteiger partial charge in [0.15, 0.2) is 15.0 Å². The number of nitrogens with one attached hydrogen (secondary N) is 1. The Morgan fingerprint density at radius 3 is 2.83 bits per heavy atom. The van der Waals surface area contributed by atoms with Gasteiger partial charge in [-0.15, -0.1) is 0 Å². The summed E-state index contributed by atoms with van der Waals surface area (Å²) in [4.78, 5) is 17.0. The Morgan fingerprint density at radius 1 is 1.42 bits per heavy atom. The lowest BCUT2D eigenvalue weighted by molar-refractivity contribution is 0.101. The van der Waals surface area contributed by atoms with Crippen molar-refractivity contribution in [3.8, 4) is 0 Å². The monoisotopic (exact) mass is 428 g/mol. The summed E-state index contributed by atoms with van der Waals surface area (Å²) in [6.07, 6.45) is 2.72. The molecule has 7 nitrogen and oxygen atoms in total. The number of benzene rings is 1. The molecule has 3 rings (SSSR count). The number of halogens is 1. The van der Waals surface area contributed by atoms with Crippen LogP contribution >= 0.6 is 27.3 Å².